The number of rotatable bonds is 3. The SMILES string of the molecule is CC1(NCC(=O)O)CNCCNCCCNCCNC1. The molecule has 0 radical (unpaired) electrons. The molecule has 7 nitrogen and oxygen atoms in total. The standard InChI is InChI=1S/C13H29N5O2/c1-13(18-9-12(19)20)10-16-7-5-14-3-2-4-15-6-8-17-11-13/h14-18H,2-11H2,1H3,(H,19,20). The normalized spacial score (nSPS) is 22.9. The third-order valence-corrected chi connectivity index (χ3v) is 3.36. The van der Waals surface area contributed by atoms with E-state index < -0.39 is 5.97 Å². The number of hydrogen-bond donors (Lipinski definition) is 6. The molecule has 1 heterocycles. The summed E-state index contributed by atoms with van der Waals surface area (Å²) in [5, 5.41) is 25.5. The first-order chi connectivity index (χ1) is 9.62. The van der Waals surface area contributed by atoms with Gasteiger partial charge in [-0.15, -0.1) is 0 Å². The summed E-state index contributed by atoms with van der Waals surface area (Å²) in [6.07, 6.45) is 1.14. The van der Waals surface area contributed by atoms with E-state index in [1.54, 1.807) is 0 Å². The summed E-state index contributed by atoms with van der Waals surface area (Å²) in [7, 11) is 0. The van der Waals surface area contributed by atoms with Crippen LogP contribution in [-0.2, 0) is 4.79 Å². The van der Waals surface area contributed by atoms with E-state index in [2.05, 4.69) is 26.6 Å². The van der Waals surface area contributed by atoms with Crippen molar-refractivity contribution >= 4 is 5.97 Å². The van der Waals surface area contributed by atoms with Crippen molar-refractivity contribution in [1.82, 2.24) is 26.6 Å². The van der Waals surface area contributed by atoms with E-state index in [1.807, 2.05) is 6.92 Å². The van der Waals surface area contributed by atoms with Crippen molar-refractivity contribution in [2.24, 2.45) is 0 Å². The van der Waals surface area contributed by atoms with E-state index in [0.29, 0.717) is 0 Å². The van der Waals surface area contributed by atoms with Crippen molar-refractivity contribution in [3.63, 3.8) is 0 Å². The molecule has 0 bridgehead atoms. The molecule has 1 aliphatic rings. The molecule has 0 spiro atoms. The van der Waals surface area contributed by atoms with Gasteiger partial charge in [-0.3, -0.25) is 10.1 Å². The summed E-state index contributed by atoms with van der Waals surface area (Å²) in [5.74, 6) is -0.825. The summed E-state index contributed by atoms with van der Waals surface area (Å²) in [4.78, 5) is 10.7. The maximum Gasteiger partial charge on any atom is 0.317 e. The predicted octanol–water partition coefficient (Wildman–Crippen LogP) is -1.82. The van der Waals surface area contributed by atoms with Crippen LogP contribution in [0.15, 0.2) is 0 Å². The lowest BCUT2D eigenvalue weighted by Gasteiger charge is -2.31. The van der Waals surface area contributed by atoms with Gasteiger partial charge in [0.25, 0.3) is 0 Å². The van der Waals surface area contributed by atoms with Gasteiger partial charge in [-0.25, -0.2) is 0 Å². The number of aliphatic carboxylic acids is 1. The molecule has 0 atom stereocenters. The van der Waals surface area contributed by atoms with Crippen LogP contribution in [0.25, 0.3) is 0 Å². The molecule has 0 aromatic rings. The Morgan fingerprint density at radius 2 is 1.50 bits per heavy atom. The largest absolute Gasteiger partial charge is 0.480 e. The Morgan fingerprint density at radius 1 is 1.00 bits per heavy atom. The van der Waals surface area contributed by atoms with E-state index in [-0.39, 0.29) is 12.1 Å². The maximum atomic E-state index is 10.7. The Morgan fingerprint density at radius 3 is 2.00 bits per heavy atom. The van der Waals surface area contributed by atoms with Crippen LogP contribution in [0.1, 0.15) is 13.3 Å². The Labute approximate surface area is 121 Å². The highest BCUT2D eigenvalue weighted by molar-refractivity contribution is 5.69. The van der Waals surface area contributed by atoms with E-state index in [9.17, 15) is 4.79 Å². The van der Waals surface area contributed by atoms with Gasteiger partial charge < -0.3 is 26.4 Å². The number of carboxylic acids is 1. The Bertz CT molecular complexity index is 261. The number of hydrogen-bond acceptors (Lipinski definition) is 6. The van der Waals surface area contributed by atoms with E-state index in [4.69, 9.17) is 5.11 Å². The zero-order valence-corrected chi connectivity index (χ0v) is 12.4. The molecule has 0 aliphatic carbocycles. The lowest BCUT2D eigenvalue weighted by Crippen LogP contribution is -2.58. The fourth-order valence-corrected chi connectivity index (χ4v) is 2.15. The van der Waals surface area contributed by atoms with Gasteiger partial charge in [0.1, 0.15) is 0 Å². The summed E-state index contributed by atoms with van der Waals surface area (Å²) < 4.78 is 0. The van der Waals surface area contributed by atoms with Gasteiger partial charge in [0.15, 0.2) is 0 Å². The van der Waals surface area contributed by atoms with Crippen LogP contribution in [0.3, 0.4) is 0 Å². The average molecular weight is 287 g/mol. The Balaban J connectivity index is 2.40. The molecular weight excluding hydrogens is 258 g/mol. The van der Waals surface area contributed by atoms with Crippen molar-refractivity contribution in [3.05, 3.63) is 0 Å². The molecule has 1 rings (SSSR count). The fourth-order valence-electron chi connectivity index (χ4n) is 2.15. The molecule has 0 unspecified atom stereocenters. The zero-order valence-electron chi connectivity index (χ0n) is 12.4. The first-order valence-corrected chi connectivity index (χ1v) is 7.42. The highest BCUT2D eigenvalue weighted by atomic mass is 16.4. The van der Waals surface area contributed by atoms with Gasteiger partial charge >= 0.3 is 5.97 Å². The molecule has 1 fully saturated rings. The van der Waals surface area contributed by atoms with Gasteiger partial charge in [0, 0.05) is 44.8 Å². The third kappa shape index (κ3) is 8.44. The molecule has 7 heteroatoms. The molecule has 0 aromatic heterocycles. The Hall–Kier alpha value is -0.730. The lowest BCUT2D eigenvalue weighted by molar-refractivity contribution is -0.136. The second-order valence-electron chi connectivity index (χ2n) is 5.52. The van der Waals surface area contributed by atoms with Crippen LogP contribution in [0.2, 0.25) is 0 Å². The maximum absolute atomic E-state index is 10.7. The lowest BCUT2D eigenvalue weighted by atomic mass is 10.0. The molecule has 0 saturated carbocycles. The third-order valence-electron chi connectivity index (χ3n) is 3.36. The zero-order chi connectivity index (χ0) is 14.7. The molecule has 1 aliphatic heterocycles. The summed E-state index contributed by atoms with van der Waals surface area (Å²) in [6, 6.07) is 0. The van der Waals surface area contributed by atoms with Crippen molar-refractivity contribution in [2.45, 2.75) is 18.9 Å². The highest BCUT2D eigenvalue weighted by Gasteiger charge is 2.23. The first-order valence-electron chi connectivity index (χ1n) is 7.42. The van der Waals surface area contributed by atoms with Gasteiger partial charge in [0.2, 0.25) is 0 Å². The van der Waals surface area contributed by atoms with Crippen LogP contribution in [-0.4, -0.2) is 75.5 Å². The van der Waals surface area contributed by atoms with Crippen LogP contribution in [0.5, 0.6) is 0 Å². The smallest absolute Gasteiger partial charge is 0.317 e. The second-order valence-corrected chi connectivity index (χ2v) is 5.52. The topological polar surface area (TPSA) is 97.5 Å². The molecule has 118 valence electrons. The minimum Gasteiger partial charge on any atom is -0.480 e. The van der Waals surface area contributed by atoms with E-state index in [1.165, 1.54) is 0 Å². The van der Waals surface area contributed by atoms with Crippen LogP contribution in [0, 0.1) is 0 Å². The predicted molar refractivity (Wildman–Crippen MR) is 80.1 cm³/mol. The molecular formula is C13H29N5O2. The summed E-state index contributed by atoms with van der Waals surface area (Å²) >= 11 is 0. The van der Waals surface area contributed by atoms with Crippen LogP contribution in [0.4, 0.5) is 0 Å². The minimum atomic E-state index is -0.825. The van der Waals surface area contributed by atoms with E-state index >= 15 is 0 Å². The van der Waals surface area contributed by atoms with Gasteiger partial charge in [-0.1, -0.05) is 0 Å². The second kappa shape index (κ2) is 10.1. The highest BCUT2D eigenvalue weighted by Crippen LogP contribution is 2.00. The van der Waals surface area contributed by atoms with E-state index in [0.717, 1.165) is 58.8 Å². The number of carbonyl (C=O) groups is 1. The summed E-state index contributed by atoms with van der Waals surface area (Å²) in [5.41, 5.74) is -0.261. The first kappa shape index (κ1) is 17.3. The van der Waals surface area contributed by atoms with Crippen LogP contribution >= 0.6 is 0 Å². The fraction of sp³-hybridized carbons (Fsp3) is 0.923. The van der Waals surface area contributed by atoms with Crippen LogP contribution < -0.4 is 26.6 Å². The summed E-state index contributed by atoms with van der Waals surface area (Å²) in [6.45, 7) is 9.19. The quantitative estimate of drug-likeness (QED) is 0.364. The Kier molecular flexibility index (Phi) is 8.72. The molecule has 0 amide bonds. The minimum absolute atomic E-state index is 0.0175. The van der Waals surface area contributed by atoms with Crippen molar-refractivity contribution in [2.75, 3.05) is 58.9 Å². The monoisotopic (exact) mass is 287 g/mol. The molecule has 20 heavy (non-hydrogen) atoms. The van der Waals surface area contributed by atoms with Gasteiger partial charge in [-0.05, 0) is 26.4 Å². The number of nitrogens with one attached hydrogen (secondary N) is 5. The number of carboxylic acid groups (broad SMARTS) is 1. The van der Waals surface area contributed by atoms with Crippen molar-refractivity contribution in [3.8, 4) is 0 Å². The van der Waals surface area contributed by atoms with Crippen molar-refractivity contribution < 1.29 is 9.90 Å². The molecule has 0 aromatic carbocycles. The van der Waals surface area contributed by atoms with Gasteiger partial charge in [0.05, 0.1) is 6.54 Å². The molecule has 1 saturated heterocycles. The van der Waals surface area contributed by atoms with Gasteiger partial charge in [-0.2, -0.15) is 0 Å². The average Bonchev–Trinajstić information content (AvgIpc) is 2.41. The van der Waals surface area contributed by atoms with Crippen molar-refractivity contribution in [1.29, 1.82) is 0 Å². The molecule has 6 N–H and O–H groups in total.